The van der Waals surface area contributed by atoms with Gasteiger partial charge in [0, 0.05) is 24.5 Å². The second kappa shape index (κ2) is 13.6. The van der Waals surface area contributed by atoms with Gasteiger partial charge in [0.25, 0.3) is 0 Å². The van der Waals surface area contributed by atoms with Gasteiger partial charge in [-0.1, -0.05) is 73.1 Å². The van der Waals surface area contributed by atoms with Crippen LogP contribution in [0.1, 0.15) is 35.6 Å². The third-order valence-electron chi connectivity index (χ3n) is 6.58. The number of hydrogen-bond acceptors (Lipinski definition) is 4. The van der Waals surface area contributed by atoms with E-state index in [-0.39, 0.29) is 18.9 Å². The van der Waals surface area contributed by atoms with Gasteiger partial charge in [0.05, 0.1) is 11.9 Å². The first kappa shape index (κ1) is 30.2. The number of halogens is 1. The summed E-state index contributed by atoms with van der Waals surface area (Å²) in [6, 6.07) is 20.9. The van der Waals surface area contributed by atoms with Crippen LogP contribution in [0.15, 0.2) is 72.8 Å². The lowest BCUT2D eigenvalue weighted by molar-refractivity contribution is -0.140. The van der Waals surface area contributed by atoms with Crippen LogP contribution in [0.25, 0.3) is 0 Å². The fourth-order valence-electron chi connectivity index (χ4n) is 4.22. The summed E-state index contributed by atoms with van der Waals surface area (Å²) in [5, 5.41) is 3.38. The highest BCUT2D eigenvalue weighted by molar-refractivity contribution is 7.92. The van der Waals surface area contributed by atoms with E-state index in [2.05, 4.69) is 5.32 Å². The molecule has 0 aliphatic carbocycles. The van der Waals surface area contributed by atoms with Crippen molar-refractivity contribution in [1.29, 1.82) is 0 Å². The molecule has 39 heavy (non-hydrogen) atoms. The lowest BCUT2D eigenvalue weighted by Crippen LogP contribution is -2.53. The lowest BCUT2D eigenvalue weighted by Gasteiger charge is -2.33. The van der Waals surface area contributed by atoms with Crippen LogP contribution in [-0.4, -0.2) is 50.5 Å². The van der Waals surface area contributed by atoms with E-state index in [0.29, 0.717) is 22.8 Å². The van der Waals surface area contributed by atoms with Crippen molar-refractivity contribution in [3.63, 3.8) is 0 Å². The first-order valence-corrected chi connectivity index (χ1v) is 15.1. The molecule has 0 spiro atoms. The van der Waals surface area contributed by atoms with Gasteiger partial charge in [-0.25, -0.2) is 8.42 Å². The average molecular weight is 570 g/mol. The molecule has 3 aromatic carbocycles. The van der Waals surface area contributed by atoms with E-state index in [0.717, 1.165) is 33.7 Å². The van der Waals surface area contributed by atoms with Crippen molar-refractivity contribution < 1.29 is 18.0 Å². The number of amides is 2. The predicted molar refractivity (Wildman–Crippen MR) is 157 cm³/mol. The van der Waals surface area contributed by atoms with Crippen LogP contribution in [-0.2, 0) is 32.6 Å². The number of nitrogens with one attached hydrogen (secondary N) is 1. The Labute approximate surface area is 236 Å². The van der Waals surface area contributed by atoms with Crippen LogP contribution >= 0.6 is 11.6 Å². The van der Waals surface area contributed by atoms with E-state index < -0.39 is 28.5 Å². The van der Waals surface area contributed by atoms with Crippen LogP contribution in [0.4, 0.5) is 5.69 Å². The van der Waals surface area contributed by atoms with Crippen LogP contribution in [0.3, 0.4) is 0 Å². The monoisotopic (exact) mass is 569 g/mol. The molecule has 3 aromatic rings. The molecule has 0 aliphatic rings. The van der Waals surface area contributed by atoms with E-state index in [1.165, 1.54) is 4.90 Å². The van der Waals surface area contributed by atoms with Crippen molar-refractivity contribution in [1.82, 2.24) is 10.2 Å². The first-order chi connectivity index (χ1) is 18.5. The zero-order chi connectivity index (χ0) is 28.6. The smallest absolute Gasteiger partial charge is 0.244 e. The molecule has 0 bridgehead atoms. The molecule has 2 amide bonds. The number of sulfonamides is 1. The van der Waals surface area contributed by atoms with E-state index >= 15 is 0 Å². The molecule has 0 aliphatic heterocycles. The molecule has 0 heterocycles. The van der Waals surface area contributed by atoms with Gasteiger partial charge in [0.1, 0.15) is 12.6 Å². The maximum atomic E-state index is 14.0. The quantitative estimate of drug-likeness (QED) is 0.336. The highest BCUT2D eigenvalue weighted by Gasteiger charge is 2.33. The molecule has 208 valence electrons. The van der Waals surface area contributed by atoms with Crippen molar-refractivity contribution >= 4 is 39.1 Å². The summed E-state index contributed by atoms with van der Waals surface area (Å²) in [6.45, 7) is 5.81. The minimum atomic E-state index is -3.82. The van der Waals surface area contributed by atoms with Crippen molar-refractivity contribution in [3.8, 4) is 0 Å². The van der Waals surface area contributed by atoms with Gasteiger partial charge in [-0.3, -0.25) is 13.9 Å². The zero-order valence-corrected chi connectivity index (χ0v) is 24.4. The average Bonchev–Trinajstić information content (AvgIpc) is 2.90. The third kappa shape index (κ3) is 8.31. The Morgan fingerprint density at radius 1 is 0.949 bits per heavy atom. The van der Waals surface area contributed by atoms with Gasteiger partial charge in [-0.2, -0.15) is 0 Å². The second-order valence-corrected chi connectivity index (χ2v) is 12.0. The minimum Gasteiger partial charge on any atom is -0.354 e. The van der Waals surface area contributed by atoms with Crippen molar-refractivity contribution in [2.24, 2.45) is 0 Å². The number of anilines is 1. The van der Waals surface area contributed by atoms with Gasteiger partial charge < -0.3 is 10.2 Å². The number of carbonyl (C=O) groups is 2. The minimum absolute atomic E-state index is 0.0417. The van der Waals surface area contributed by atoms with Crippen LogP contribution in [0, 0.1) is 13.8 Å². The van der Waals surface area contributed by atoms with E-state index in [1.54, 1.807) is 30.3 Å². The highest BCUT2D eigenvalue weighted by atomic mass is 35.5. The number of aryl methyl sites for hydroxylation is 2. The molecule has 0 radical (unpaired) electrons. The molecule has 0 aromatic heterocycles. The predicted octanol–water partition coefficient (Wildman–Crippen LogP) is 4.89. The summed E-state index contributed by atoms with van der Waals surface area (Å²) in [7, 11) is -3.82. The molecule has 0 fully saturated rings. The Bertz CT molecular complexity index is 1400. The van der Waals surface area contributed by atoms with Gasteiger partial charge in [0.2, 0.25) is 21.8 Å². The summed E-state index contributed by atoms with van der Waals surface area (Å²) >= 11 is 6.46. The van der Waals surface area contributed by atoms with Crippen molar-refractivity contribution in [3.05, 3.63) is 100 Å². The fourth-order valence-corrected chi connectivity index (χ4v) is 5.26. The van der Waals surface area contributed by atoms with Gasteiger partial charge in [-0.05, 0) is 60.7 Å². The highest BCUT2D eigenvalue weighted by Crippen LogP contribution is 2.24. The lowest BCUT2D eigenvalue weighted by atomic mass is 10.0. The van der Waals surface area contributed by atoms with Crippen molar-refractivity contribution in [2.75, 3.05) is 23.7 Å². The maximum absolute atomic E-state index is 14.0. The van der Waals surface area contributed by atoms with Gasteiger partial charge in [0.15, 0.2) is 0 Å². The normalized spacial score (nSPS) is 12.0. The number of nitrogens with zero attached hydrogens (tertiary/aromatic N) is 2. The molecule has 0 saturated heterocycles. The van der Waals surface area contributed by atoms with E-state index in [4.69, 9.17) is 11.6 Å². The summed E-state index contributed by atoms with van der Waals surface area (Å²) in [6.07, 6.45) is 2.06. The summed E-state index contributed by atoms with van der Waals surface area (Å²) in [5.41, 5.74) is 3.84. The number of rotatable bonds is 12. The molecule has 1 atom stereocenters. The Kier molecular flexibility index (Phi) is 10.5. The Balaban J connectivity index is 2.06. The van der Waals surface area contributed by atoms with Gasteiger partial charge >= 0.3 is 0 Å². The molecule has 0 unspecified atom stereocenters. The first-order valence-electron chi connectivity index (χ1n) is 12.9. The number of benzene rings is 3. The summed E-state index contributed by atoms with van der Waals surface area (Å²) in [5.74, 6) is -0.815. The molecule has 1 N–H and O–H groups in total. The molecule has 3 rings (SSSR count). The topological polar surface area (TPSA) is 86.8 Å². The molecule has 0 saturated carbocycles. The Morgan fingerprint density at radius 2 is 1.62 bits per heavy atom. The molecular weight excluding hydrogens is 534 g/mol. The number of carbonyl (C=O) groups excluding carboxylic acids is 2. The molecule has 7 nitrogen and oxygen atoms in total. The fraction of sp³-hybridized carbons (Fsp3) is 0.333. The van der Waals surface area contributed by atoms with Crippen LogP contribution in [0.5, 0.6) is 0 Å². The van der Waals surface area contributed by atoms with Crippen LogP contribution < -0.4 is 9.62 Å². The standard InChI is InChI=1S/C30H36ClN3O4S/c1-5-17-32-30(36)28(19-24-11-7-6-8-12-24)33(20-25-13-9-10-14-27(25)31)29(35)21-34(39(4,37)38)26-16-15-22(2)23(3)18-26/h6-16,18,28H,5,17,19-21H2,1-4H3,(H,32,36)/t28-/m0/s1. The van der Waals surface area contributed by atoms with E-state index in [9.17, 15) is 18.0 Å². The van der Waals surface area contributed by atoms with Crippen molar-refractivity contribution in [2.45, 2.75) is 46.2 Å². The Hall–Kier alpha value is -3.36. The SMILES string of the molecule is CCCNC(=O)[C@H](Cc1ccccc1)N(Cc1ccccc1Cl)C(=O)CN(c1ccc(C)c(C)c1)S(C)(=O)=O. The third-order valence-corrected chi connectivity index (χ3v) is 8.09. The second-order valence-electron chi connectivity index (χ2n) is 9.65. The largest absolute Gasteiger partial charge is 0.354 e. The number of hydrogen-bond donors (Lipinski definition) is 1. The summed E-state index contributed by atoms with van der Waals surface area (Å²) in [4.78, 5) is 29.0. The maximum Gasteiger partial charge on any atom is 0.244 e. The summed E-state index contributed by atoms with van der Waals surface area (Å²) < 4.78 is 26.9. The zero-order valence-electron chi connectivity index (χ0n) is 22.9. The Morgan fingerprint density at radius 3 is 2.23 bits per heavy atom. The van der Waals surface area contributed by atoms with Crippen LogP contribution in [0.2, 0.25) is 5.02 Å². The molecule has 9 heteroatoms. The van der Waals surface area contributed by atoms with E-state index in [1.807, 2.05) is 63.2 Å². The van der Waals surface area contributed by atoms with Gasteiger partial charge in [-0.15, -0.1) is 0 Å². The molecular formula is C30H36ClN3O4S.